The Morgan fingerprint density at radius 1 is 1.39 bits per heavy atom. The Bertz CT molecular complexity index is 282. The van der Waals surface area contributed by atoms with Crippen molar-refractivity contribution in [2.24, 2.45) is 5.92 Å². The van der Waals surface area contributed by atoms with E-state index in [9.17, 15) is 4.79 Å². The largest absolute Gasteiger partial charge is 0.479 e. The normalized spacial score (nSPS) is 30.1. The predicted molar refractivity (Wildman–Crippen MR) is 69.6 cm³/mol. The molecule has 1 aliphatic carbocycles. The van der Waals surface area contributed by atoms with Crippen molar-refractivity contribution in [3.63, 3.8) is 0 Å². The summed E-state index contributed by atoms with van der Waals surface area (Å²) in [6.07, 6.45) is 6.68. The van der Waals surface area contributed by atoms with Gasteiger partial charge in [0.2, 0.25) is 0 Å². The zero-order chi connectivity index (χ0) is 13.0. The van der Waals surface area contributed by atoms with Crippen molar-refractivity contribution >= 4 is 5.97 Å². The Balaban J connectivity index is 1.80. The maximum Gasteiger partial charge on any atom is 0.332 e. The van der Waals surface area contributed by atoms with Crippen molar-refractivity contribution in [3.05, 3.63) is 0 Å². The Morgan fingerprint density at radius 2 is 2.17 bits per heavy atom. The molecule has 4 heteroatoms. The number of ether oxygens (including phenoxy) is 1. The Kier molecular flexibility index (Phi) is 5.01. The molecule has 0 aromatic rings. The van der Waals surface area contributed by atoms with Crippen LogP contribution in [0.4, 0.5) is 0 Å². The maximum absolute atomic E-state index is 11.0. The quantitative estimate of drug-likeness (QED) is 0.790. The first-order valence-electron chi connectivity index (χ1n) is 7.30. The highest BCUT2D eigenvalue weighted by atomic mass is 16.5. The smallest absolute Gasteiger partial charge is 0.332 e. The first kappa shape index (κ1) is 13.8. The fourth-order valence-corrected chi connectivity index (χ4v) is 3.54. The lowest BCUT2D eigenvalue weighted by Gasteiger charge is -2.32. The minimum absolute atomic E-state index is 0.475. The van der Waals surface area contributed by atoms with Crippen LogP contribution in [0.1, 0.15) is 45.4 Å². The molecule has 104 valence electrons. The van der Waals surface area contributed by atoms with Crippen LogP contribution in [-0.4, -0.2) is 47.8 Å². The van der Waals surface area contributed by atoms with Crippen LogP contribution in [0.5, 0.6) is 0 Å². The van der Waals surface area contributed by atoms with Gasteiger partial charge in [-0.1, -0.05) is 12.8 Å². The lowest BCUT2D eigenvalue weighted by molar-refractivity contribution is -0.150. The van der Waals surface area contributed by atoms with Crippen molar-refractivity contribution < 1.29 is 14.6 Å². The van der Waals surface area contributed by atoms with Gasteiger partial charge < -0.3 is 9.84 Å². The van der Waals surface area contributed by atoms with Crippen LogP contribution in [0.3, 0.4) is 0 Å². The van der Waals surface area contributed by atoms with Gasteiger partial charge in [0, 0.05) is 19.2 Å². The molecule has 0 spiro atoms. The highest BCUT2D eigenvalue weighted by molar-refractivity contribution is 5.72. The Labute approximate surface area is 109 Å². The van der Waals surface area contributed by atoms with Gasteiger partial charge in [0.25, 0.3) is 0 Å². The molecule has 1 N–H and O–H groups in total. The number of nitrogens with zero attached hydrogens (tertiary/aromatic N) is 1. The molecule has 1 saturated heterocycles. The van der Waals surface area contributed by atoms with Crippen LogP contribution in [0, 0.1) is 5.92 Å². The molecular weight excluding hydrogens is 230 g/mol. The maximum atomic E-state index is 11.0. The van der Waals surface area contributed by atoms with Gasteiger partial charge >= 0.3 is 5.97 Å². The monoisotopic (exact) mass is 255 g/mol. The van der Waals surface area contributed by atoms with Gasteiger partial charge in [-0.2, -0.15) is 0 Å². The van der Waals surface area contributed by atoms with Gasteiger partial charge in [0.05, 0.1) is 0 Å². The molecule has 2 aliphatic rings. The van der Waals surface area contributed by atoms with Crippen LogP contribution in [-0.2, 0) is 9.53 Å². The molecule has 3 unspecified atom stereocenters. The van der Waals surface area contributed by atoms with Crippen molar-refractivity contribution in [2.75, 3.05) is 19.7 Å². The van der Waals surface area contributed by atoms with E-state index in [0.717, 1.165) is 25.0 Å². The number of rotatable bonds is 6. The van der Waals surface area contributed by atoms with E-state index >= 15 is 0 Å². The fourth-order valence-electron chi connectivity index (χ4n) is 3.54. The number of hydrogen-bond donors (Lipinski definition) is 1. The number of aliphatic carboxylic acids is 1. The minimum atomic E-state index is -0.823. The predicted octanol–water partition coefficient (Wildman–Crippen LogP) is 2.13. The van der Waals surface area contributed by atoms with E-state index in [4.69, 9.17) is 9.84 Å². The fraction of sp³-hybridized carbons (Fsp3) is 0.929. The van der Waals surface area contributed by atoms with E-state index in [1.54, 1.807) is 0 Å². The van der Waals surface area contributed by atoms with Gasteiger partial charge in [-0.15, -0.1) is 0 Å². The third-order valence-corrected chi connectivity index (χ3v) is 4.45. The van der Waals surface area contributed by atoms with E-state index in [1.165, 1.54) is 32.1 Å². The molecule has 2 fully saturated rings. The number of carboxylic acid groups (broad SMARTS) is 1. The molecule has 0 radical (unpaired) electrons. The highest BCUT2D eigenvalue weighted by Crippen LogP contribution is 2.36. The second-order valence-corrected chi connectivity index (χ2v) is 5.51. The molecule has 0 aromatic carbocycles. The topological polar surface area (TPSA) is 49.8 Å². The van der Waals surface area contributed by atoms with Crippen LogP contribution < -0.4 is 0 Å². The van der Waals surface area contributed by atoms with E-state index in [-0.39, 0.29) is 0 Å². The van der Waals surface area contributed by atoms with Crippen molar-refractivity contribution in [1.82, 2.24) is 4.90 Å². The van der Waals surface area contributed by atoms with E-state index in [2.05, 4.69) is 4.90 Å². The lowest BCUT2D eigenvalue weighted by Crippen LogP contribution is -2.38. The van der Waals surface area contributed by atoms with Crippen molar-refractivity contribution in [1.29, 1.82) is 0 Å². The Morgan fingerprint density at radius 3 is 2.89 bits per heavy atom. The second-order valence-electron chi connectivity index (χ2n) is 5.51. The van der Waals surface area contributed by atoms with E-state index in [0.29, 0.717) is 13.0 Å². The molecule has 18 heavy (non-hydrogen) atoms. The first-order valence-corrected chi connectivity index (χ1v) is 7.30. The van der Waals surface area contributed by atoms with E-state index in [1.807, 2.05) is 6.92 Å². The molecule has 1 heterocycles. The summed E-state index contributed by atoms with van der Waals surface area (Å²) in [5.74, 6) is 0.0466. The summed E-state index contributed by atoms with van der Waals surface area (Å²) in [6, 6.07) is 0.717. The molecular formula is C14H25NO3. The van der Waals surface area contributed by atoms with Crippen molar-refractivity contribution in [2.45, 2.75) is 57.6 Å². The van der Waals surface area contributed by atoms with E-state index < -0.39 is 12.1 Å². The summed E-state index contributed by atoms with van der Waals surface area (Å²) in [7, 11) is 0. The van der Waals surface area contributed by atoms with Gasteiger partial charge in [-0.05, 0) is 45.1 Å². The van der Waals surface area contributed by atoms with Crippen LogP contribution in [0.25, 0.3) is 0 Å². The molecule has 0 amide bonds. The summed E-state index contributed by atoms with van der Waals surface area (Å²) in [5.41, 5.74) is 0. The van der Waals surface area contributed by atoms with Gasteiger partial charge in [0.1, 0.15) is 0 Å². The summed E-state index contributed by atoms with van der Waals surface area (Å²) in [4.78, 5) is 13.5. The lowest BCUT2D eigenvalue weighted by atomic mass is 9.85. The van der Waals surface area contributed by atoms with Gasteiger partial charge in [-0.3, -0.25) is 4.90 Å². The average Bonchev–Trinajstić information content (AvgIpc) is 2.77. The molecule has 3 atom stereocenters. The molecule has 2 rings (SSSR count). The van der Waals surface area contributed by atoms with Crippen molar-refractivity contribution in [3.8, 4) is 0 Å². The summed E-state index contributed by atoms with van der Waals surface area (Å²) in [5, 5.41) is 9.07. The van der Waals surface area contributed by atoms with Gasteiger partial charge in [-0.25, -0.2) is 4.79 Å². The second kappa shape index (κ2) is 6.53. The van der Waals surface area contributed by atoms with Crippen LogP contribution >= 0.6 is 0 Å². The zero-order valence-corrected chi connectivity index (χ0v) is 11.3. The zero-order valence-electron chi connectivity index (χ0n) is 11.3. The van der Waals surface area contributed by atoms with Crippen LogP contribution in [0.15, 0.2) is 0 Å². The third kappa shape index (κ3) is 3.23. The summed E-state index contributed by atoms with van der Waals surface area (Å²) in [6.45, 7) is 4.35. The Hall–Kier alpha value is -0.610. The number of carbonyl (C=O) groups is 1. The highest BCUT2D eigenvalue weighted by Gasteiger charge is 2.35. The SMILES string of the molecule is CCOC(CCN1CCC2CCCCC21)C(=O)O. The van der Waals surface area contributed by atoms with Crippen LogP contribution in [0.2, 0.25) is 0 Å². The molecule has 1 aliphatic heterocycles. The number of hydrogen-bond acceptors (Lipinski definition) is 3. The van der Waals surface area contributed by atoms with Gasteiger partial charge in [0.15, 0.2) is 6.10 Å². The number of fused-ring (bicyclic) bond motifs is 1. The first-order chi connectivity index (χ1) is 8.72. The average molecular weight is 255 g/mol. The molecule has 0 bridgehead atoms. The summed E-state index contributed by atoms with van der Waals surface area (Å²) >= 11 is 0. The molecule has 4 nitrogen and oxygen atoms in total. The molecule has 0 aromatic heterocycles. The number of likely N-dealkylation sites (tertiary alicyclic amines) is 1. The number of carboxylic acids is 1. The molecule has 1 saturated carbocycles. The summed E-state index contributed by atoms with van der Waals surface area (Å²) < 4.78 is 5.27. The minimum Gasteiger partial charge on any atom is -0.479 e. The third-order valence-electron chi connectivity index (χ3n) is 4.45. The standard InChI is InChI=1S/C14H25NO3/c1-2-18-13(14(16)17)8-10-15-9-7-11-5-3-4-6-12(11)15/h11-13H,2-10H2,1H3,(H,16,17).